The summed E-state index contributed by atoms with van der Waals surface area (Å²) in [5, 5.41) is 0.978. The number of anilines is 2. The van der Waals surface area contributed by atoms with Crippen molar-refractivity contribution in [2.24, 2.45) is 0 Å². The van der Waals surface area contributed by atoms with E-state index >= 15 is 0 Å². The van der Waals surface area contributed by atoms with Crippen molar-refractivity contribution < 1.29 is 13.2 Å². The van der Waals surface area contributed by atoms with Gasteiger partial charge in [-0.25, -0.2) is 8.42 Å². The van der Waals surface area contributed by atoms with Crippen molar-refractivity contribution in [3.05, 3.63) is 42.5 Å². The Hall–Kier alpha value is -2.67. The molecule has 0 aliphatic heterocycles. The van der Waals surface area contributed by atoms with Crippen LogP contribution in [0.15, 0.2) is 42.5 Å². The summed E-state index contributed by atoms with van der Waals surface area (Å²) in [6.07, 6.45) is 0. The minimum atomic E-state index is -3.30. The summed E-state index contributed by atoms with van der Waals surface area (Å²) < 4.78 is 33.8. The molecule has 7 heteroatoms. The summed E-state index contributed by atoms with van der Waals surface area (Å²) in [5.41, 5.74) is 10.6. The van der Waals surface area contributed by atoms with Gasteiger partial charge in [-0.1, -0.05) is 12.1 Å². The third kappa shape index (κ3) is 3.73. The highest BCUT2D eigenvalue weighted by atomic mass is 32.2. The van der Waals surface area contributed by atoms with Crippen LogP contribution in [-0.4, -0.2) is 25.3 Å². The molecule has 0 saturated heterocycles. The van der Waals surface area contributed by atoms with Crippen LogP contribution in [-0.2, 0) is 16.6 Å². The first-order valence-electron chi connectivity index (χ1n) is 9.05. The van der Waals surface area contributed by atoms with E-state index in [1.807, 2.05) is 37.3 Å². The van der Waals surface area contributed by atoms with Gasteiger partial charge in [-0.2, -0.15) is 0 Å². The lowest BCUT2D eigenvalue weighted by molar-refractivity contribution is 0.340. The quantitative estimate of drug-likeness (QED) is 0.640. The second-order valence-corrected chi connectivity index (χ2v) is 8.21. The molecule has 27 heavy (non-hydrogen) atoms. The van der Waals surface area contributed by atoms with Gasteiger partial charge in [0, 0.05) is 29.2 Å². The number of sulfonamides is 1. The molecule has 144 valence electrons. The minimum absolute atomic E-state index is 0.0357. The number of aromatic nitrogens is 1. The second-order valence-electron chi connectivity index (χ2n) is 6.20. The van der Waals surface area contributed by atoms with E-state index in [2.05, 4.69) is 16.2 Å². The van der Waals surface area contributed by atoms with Crippen molar-refractivity contribution in [3.8, 4) is 17.0 Å². The van der Waals surface area contributed by atoms with Gasteiger partial charge < -0.3 is 15.0 Å². The standard InChI is InChI=1S/C20H25N3O3S/c1-4-23-18-13-16(26-5-2)11-12-17(18)19(21)20(23)14-7-9-15(10-8-14)22-27(24,25)6-3/h7-13,22H,4-6,21H2,1-3H3. The van der Waals surface area contributed by atoms with Crippen LogP contribution in [0.4, 0.5) is 11.4 Å². The number of ether oxygens (including phenoxy) is 1. The van der Waals surface area contributed by atoms with E-state index in [9.17, 15) is 8.42 Å². The maximum absolute atomic E-state index is 11.7. The molecule has 0 amide bonds. The van der Waals surface area contributed by atoms with Crippen molar-refractivity contribution >= 4 is 32.3 Å². The molecule has 0 radical (unpaired) electrons. The average molecular weight is 388 g/mol. The van der Waals surface area contributed by atoms with Crippen LogP contribution >= 0.6 is 0 Å². The number of hydrogen-bond acceptors (Lipinski definition) is 4. The van der Waals surface area contributed by atoms with Crippen LogP contribution in [0.2, 0.25) is 0 Å². The first-order valence-corrected chi connectivity index (χ1v) is 10.7. The van der Waals surface area contributed by atoms with Gasteiger partial charge in [0.1, 0.15) is 5.75 Å². The second kappa shape index (κ2) is 7.52. The fourth-order valence-electron chi connectivity index (χ4n) is 3.20. The monoisotopic (exact) mass is 387 g/mol. The van der Waals surface area contributed by atoms with Gasteiger partial charge in [0.25, 0.3) is 0 Å². The zero-order valence-corrected chi connectivity index (χ0v) is 16.6. The van der Waals surface area contributed by atoms with E-state index < -0.39 is 10.0 Å². The molecule has 6 nitrogen and oxygen atoms in total. The number of rotatable bonds is 7. The predicted molar refractivity (Wildman–Crippen MR) is 112 cm³/mol. The molecule has 1 aromatic heterocycles. The van der Waals surface area contributed by atoms with E-state index in [4.69, 9.17) is 10.5 Å². The highest BCUT2D eigenvalue weighted by Crippen LogP contribution is 2.38. The normalized spacial score (nSPS) is 11.7. The molecule has 0 spiro atoms. The molecule has 3 N–H and O–H groups in total. The van der Waals surface area contributed by atoms with Crippen LogP contribution in [0.25, 0.3) is 22.2 Å². The van der Waals surface area contributed by atoms with Crippen molar-refractivity contribution in [2.45, 2.75) is 27.3 Å². The van der Waals surface area contributed by atoms with E-state index in [-0.39, 0.29) is 5.75 Å². The summed E-state index contributed by atoms with van der Waals surface area (Å²) in [6.45, 7) is 6.99. The molecule has 1 heterocycles. The molecule has 0 unspecified atom stereocenters. The lowest BCUT2D eigenvalue weighted by atomic mass is 10.1. The summed E-state index contributed by atoms with van der Waals surface area (Å²) in [7, 11) is -3.30. The van der Waals surface area contributed by atoms with Crippen molar-refractivity contribution in [1.82, 2.24) is 4.57 Å². The Morgan fingerprint density at radius 2 is 1.78 bits per heavy atom. The maximum Gasteiger partial charge on any atom is 0.232 e. The zero-order chi connectivity index (χ0) is 19.6. The Labute approximate surface area is 160 Å². The molecular formula is C20H25N3O3S. The lowest BCUT2D eigenvalue weighted by Crippen LogP contribution is -2.14. The Bertz CT molecular complexity index is 1050. The van der Waals surface area contributed by atoms with Gasteiger partial charge >= 0.3 is 0 Å². The van der Waals surface area contributed by atoms with E-state index in [0.29, 0.717) is 18.0 Å². The highest BCUT2D eigenvalue weighted by Gasteiger charge is 2.17. The first-order chi connectivity index (χ1) is 12.9. The number of fused-ring (bicyclic) bond motifs is 1. The summed E-state index contributed by atoms with van der Waals surface area (Å²) >= 11 is 0. The van der Waals surface area contributed by atoms with Crippen LogP contribution in [0.3, 0.4) is 0 Å². The van der Waals surface area contributed by atoms with Crippen LogP contribution < -0.4 is 15.2 Å². The fraction of sp³-hybridized carbons (Fsp3) is 0.300. The number of nitrogen functional groups attached to an aromatic ring is 1. The molecule has 0 saturated carbocycles. The Kier molecular flexibility index (Phi) is 5.32. The number of nitrogens with one attached hydrogen (secondary N) is 1. The SMILES string of the molecule is CCOc1ccc2c(N)c(-c3ccc(NS(=O)(=O)CC)cc3)n(CC)c2c1. The summed E-state index contributed by atoms with van der Waals surface area (Å²) in [4.78, 5) is 0. The first kappa shape index (κ1) is 19.1. The topological polar surface area (TPSA) is 86.3 Å². The molecule has 0 bridgehead atoms. The largest absolute Gasteiger partial charge is 0.494 e. The number of nitrogens with two attached hydrogens (primary N) is 1. The number of aryl methyl sites for hydroxylation is 1. The highest BCUT2D eigenvalue weighted by molar-refractivity contribution is 7.92. The molecular weight excluding hydrogens is 362 g/mol. The molecule has 2 aromatic carbocycles. The molecule has 3 aromatic rings. The predicted octanol–water partition coefficient (Wildman–Crippen LogP) is 4.07. The molecule has 3 rings (SSSR count). The van der Waals surface area contributed by atoms with Gasteiger partial charge in [0.05, 0.1) is 29.3 Å². The van der Waals surface area contributed by atoms with Gasteiger partial charge in [-0.3, -0.25) is 4.72 Å². The number of hydrogen-bond donors (Lipinski definition) is 2. The average Bonchev–Trinajstić information content (AvgIpc) is 2.94. The van der Waals surface area contributed by atoms with Gasteiger partial charge in [-0.05, 0) is 45.0 Å². The molecule has 0 aliphatic carbocycles. The number of nitrogens with zero attached hydrogens (tertiary/aromatic N) is 1. The number of benzene rings is 2. The zero-order valence-electron chi connectivity index (χ0n) is 15.8. The fourth-order valence-corrected chi connectivity index (χ4v) is 3.84. The third-order valence-corrected chi connectivity index (χ3v) is 5.82. The maximum atomic E-state index is 11.7. The Morgan fingerprint density at radius 1 is 1.07 bits per heavy atom. The smallest absolute Gasteiger partial charge is 0.232 e. The molecule has 0 aliphatic rings. The Morgan fingerprint density at radius 3 is 2.37 bits per heavy atom. The van der Waals surface area contributed by atoms with E-state index in [1.165, 1.54) is 0 Å². The Balaban J connectivity index is 2.07. The lowest BCUT2D eigenvalue weighted by Gasteiger charge is -2.11. The minimum Gasteiger partial charge on any atom is -0.494 e. The van der Waals surface area contributed by atoms with Gasteiger partial charge in [0.15, 0.2) is 0 Å². The van der Waals surface area contributed by atoms with Crippen molar-refractivity contribution in [3.63, 3.8) is 0 Å². The van der Waals surface area contributed by atoms with Gasteiger partial charge in [0.2, 0.25) is 10.0 Å². The summed E-state index contributed by atoms with van der Waals surface area (Å²) in [5.74, 6) is 0.849. The van der Waals surface area contributed by atoms with Crippen molar-refractivity contribution in [1.29, 1.82) is 0 Å². The van der Waals surface area contributed by atoms with Crippen LogP contribution in [0.5, 0.6) is 5.75 Å². The van der Waals surface area contributed by atoms with Crippen LogP contribution in [0, 0.1) is 0 Å². The van der Waals surface area contributed by atoms with Gasteiger partial charge in [-0.15, -0.1) is 0 Å². The third-order valence-electron chi connectivity index (χ3n) is 4.51. The van der Waals surface area contributed by atoms with E-state index in [0.717, 1.165) is 34.5 Å². The summed E-state index contributed by atoms with van der Waals surface area (Å²) in [6, 6.07) is 13.2. The molecule has 0 fully saturated rings. The van der Waals surface area contributed by atoms with E-state index in [1.54, 1.807) is 19.1 Å². The molecule has 0 atom stereocenters. The van der Waals surface area contributed by atoms with Crippen LogP contribution in [0.1, 0.15) is 20.8 Å². The van der Waals surface area contributed by atoms with Crippen molar-refractivity contribution in [2.75, 3.05) is 22.8 Å².